The van der Waals surface area contributed by atoms with Gasteiger partial charge >= 0.3 is 6.18 Å². The molecule has 1 fully saturated rings. The number of carbonyl (C=O) groups excluding carboxylic acids is 1. The van der Waals surface area contributed by atoms with Crippen LogP contribution in [0.3, 0.4) is 0 Å². The van der Waals surface area contributed by atoms with Gasteiger partial charge in [0.05, 0.1) is 17.2 Å². The lowest BCUT2D eigenvalue weighted by molar-refractivity contribution is -0.137. The van der Waals surface area contributed by atoms with Gasteiger partial charge in [-0.2, -0.15) is 13.2 Å². The van der Waals surface area contributed by atoms with Gasteiger partial charge in [0.25, 0.3) is 0 Å². The molecular formula is C23H25F4N5O2S. The molecule has 0 saturated heterocycles. The molecule has 188 valence electrons. The number of benzene rings is 1. The topological polar surface area (TPSA) is 106 Å². The van der Waals surface area contributed by atoms with E-state index in [9.17, 15) is 22.4 Å². The second-order valence-electron chi connectivity index (χ2n) is 8.22. The van der Waals surface area contributed by atoms with Gasteiger partial charge in [-0.25, -0.2) is 14.4 Å². The molecule has 12 heteroatoms. The van der Waals surface area contributed by atoms with Crippen molar-refractivity contribution >= 4 is 24.5 Å². The molecule has 2 aromatic heterocycles. The fourth-order valence-electron chi connectivity index (χ4n) is 4.10. The number of nitrogens with one attached hydrogen (secondary N) is 1. The lowest BCUT2D eigenvalue weighted by Crippen LogP contribution is -2.27. The molecule has 35 heavy (non-hydrogen) atoms. The maximum Gasteiger partial charge on any atom is 0.416 e. The van der Waals surface area contributed by atoms with Crippen LogP contribution in [0.15, 0.2) is 55.2 Å². The van der Waals surface area contributed by atoms with Crippen LogP contribution in [0.2, 0.25) is 0 Å². The largest absolute Gasteiger partial charge is 0.416 e. The van der Waals surface area contributed by atoms with Crippen molar-refractivity contribution in [2.75, 3.05) is 11.9 Å². The van der Waals surface area contributed by atoms with Gasteiger partial charge in [-0.05, 0) is 62.0 Å². The monoisotopic (exact) mass is 511 g/mol. The lowest BCUT2D eigenvalue weighted by Gasteiger charge is -2.17. The lowest BCUT2D eigenvalue weighted by atomic mass is 10.1. The molecule has 1 saturated carbocycles. The summed E-state index contributed by atoms with van der Waals surface area (Å²) in [5.41, 5.74) is 5.90. The van der Waals surface area contributed by atoms with Gasteiger partial charge < -0.3 is 20.2 Å². The van der Waals surface area contributed by atoms with Gasteiger partial charge in [0.2, 0.25) is 0 Å². The molecular weight excluding hydrogens is 486 g/mol. The van der Waals surface area contributed by atoms with Crippen molar-refractivity contribution in [3.63, 3.8) is 0 Å². The van der Waals surface area contributed by atoms with Gasteiger partial charge in [0.1, 0.15) is 18.3 Å². The highest BCUT2D eigenvalue weighted by Crippen LogP contribution is 2.31. The Morgan fingerprint density at radius 1 is 1.26 bits per heavy atom. The van der Waals surface area contributed by atoms with Crippen LogP contribution in [0, 0.1) is 5.92 Å². The summed E-state index contributed by atoms with van der Waals surface area (Å²) in [6.45, 7) is 0.563. The molecule has 2 heterocycles. The highest BCUT2D eigenvalue weighted by Gasteiger charge is 2.34. The smallest absolute Gasteiger partial charge is 0.364 e. The van der Waals surface area contributed by atoms with Crippen LogP contribution in [0.4, 0.5) is 23.4 Å². The van der Waals surface area contributed by atoms with E-state index in [4.69, 9.17) is 10.3 Å². The fourth-order valence-corrected chi connectivity index (χ4v) is 4.10. The number of alkyl halides is 4. The number of rotatable bonds is 7. The number of hydrogen-bond acceptors (Lipinski definition) is 7. The number of hydrogen-bond donors (Lipinski definition) is 4. The fraction of sp³-hybridized carbons (Fsp3) is 0.348. The molecule has 1 aliphatic carbocycles. The van der Waals surface area contributed by atoms with Crippen LogP contribution in [-0.2, 0) is 12.7 Å². The zero-order valence-electron chi connectivity index (χ0n) is 18.5. The minimum atomic E-state index is -4.42. The van der Waals surface area contributed by atoms with Gasteiger partial charge in [-0.1, -0.05) is 12.1 Å². The third kappa shape index (κ3) is 6.59. The SMILES string of the molecule is NCC1CC(F)C(Nc2ncncc2C(=O)c2ccn(Cc3cccc(C(F)(F)F)c3)c2)C1.OS. The van der Waals surface area contributed by atoms with Crippen LogP contribution in [-0.4, -0.2) is 43.6 Å². The van der Waals surface area contributed by atoms with Gasteiger partial charge in [0, 0.05) is 30.7 Å². The minimum Gasteiger partial charge on any atom is -0.364 e. The summed E-state index contributed by atoms with van der Waals surface area (Å²) in [5.74, 6) is -0.0565. The Morgan fingerprint density at radius 3 is 2.71 bits per heavy atom. The summed E-state index contributed by atoms with van der Waals surface area (Å²) in [7, 11) is 0. The van der Waals surface area contributed by atoms with Gasteiger partial charge in [-0.15, -0.1) is 0 Å². The molecule has 0 spiro atoms. The van der Waals surface area contributed by atoms with E-state index in [0.29, 0.717) is 30.5 Å². The van der Waals surface area contributed by atoms with E-state index in [2.05, 4.69) is 28.2 Å². The quantitative estimate of drug-likeness (QED) is 0.162. The van der Waals surface area contributed by atoms with Crippen molar-refractivity contribution in [2.45, 2.75) is 37.8 Å². The predicted molar refractivity (Wildman–Crippen MR) is 126 cm³/mol. The molecule has 1 aromatic carbocycles. The Kier molecular flexibility index (Phi) is 8.87. The Hall–Kier alpha value is -2.96. The van der Waals surface area contributed by atoms with E-state index in [0.717, 1.165) is 12.1 Å². The molecule has 0 radical (unpaired) electrons. The van der Waals surface area contributed by atoms with Crippen molar-refractivity contribution < 1.29 is 26.9 Å². The van der Waals surface area contributed by atoms with E-state index in [1.165, 1.54) is 18.6 Å². The average Bonchev–Trinajstić information content (AvgIpc) is 3.46. The van der Waals surface area contributed by atoms with E-state index in [-0.39, 0.29) is 29.6 Å². The second kappa shape index (κ2) is 11.6. The molecule has 3 aromatic rings. The van der Waals surface area contributed by atoms with Gasteiger partial charge in [-0.3, -0.25) is 4.79 Å². The van der Waals surface area contributed by atoms with Crippen molar-refractivity contribution in [3.05, 3.63) is 77.5 Å². The molecule has 3 unspecified atom stereocenters. The Labute approximate surface area is 205 Å². The average molecular weight is 512 g/mol. The number of anilines is 1. The molecule has 3 atom stereocenters. The van der Waals surface area contributed by atoms with Crippen LogP contribution in [0.1, 0.15) is 39.9 Å². The van der Waals surface area contributed by atoms with E-state index >= 15 is 0 Å². The molecule has 7 nitrogen and oxygen atoms in total. The zero-order chi connectivity index (χ0) is 25.6. The van der Waals surface area contributed by atoms with Crippen molar-refractivity contribution in [3.8, 4) is 0 Å². The normalized spacial score (nSPS) is 19.7. The predicted octanol–water partition coefficient (Wildman–Crippen LogP) is 4.45. The van der Waals surface area contributed by atoms with Crippen LogP contribution >= 0.6 is 12.9 Å². The molecule has 0 bridgehead atoms. The maximum absolute atomic E-state index is 14.4. The molecule has 1 aliphatic rings. The second-order valence-corrected chi connectivity index (χ2v) is 8.22. The maximum atomic E-state index is 14.4. The summed E-state index contributed by atoms with van der Waals surface area (Å²) in [6, 6.07) is 6.12. The standard InChI is InChI=1S/C23H23F4N5O.H2OS/c24-19-7-15(9-28)8-20(19)31-22-18(10-29-13-30-22)21(33)16-4-5-32(12-16)11-14-2-1-3-17(6-14)23(25,26)27;1-2/h1-6,10,12-13,15,19-20H,7-9,11,28H2,(H,29,30,31);1-2H. The number of aromatic nitrogens is 3. The first-order valence-corrected chi connectivity index (χ1v) is 11.1. The van der Waals surface area contributed by atoms with E-state index in [1.807, 2.05) is 0 Å². The number of nitrogens with two attached hydrogens (primary N) is 1. The Bertz CT molecular complexity index is 1140. The zero-order valence-corrected chi connectivity index (χ0v) is 19.4. The van der Waals surface area contributed by atoms with Gasteiger partial charge in [0.15, 0.2) is 5.78 Å². The number of halogens is 4. The Morgan fingerprint density at radius 2 is 2.03 bits per heavy atom. The highest BCUT2D eigenvalue weighted by atomic mass is 32.1. The highest BCUT2D eigenvalue weighted by molar-refractivity contribution is 7.74. The summed E-state index contributed by atoms with van der Waals surface area (Å²) >= 11 is 2.53. The molecule has 4 N–H and O–H groups in total. The number of nitrogens with zero attached hydrogens (tertiary/aromatic N) is 3. The van der Waals surface area contributed by atoms with Crippen molar-refractivity contribution in [1.82, 2.24) is 14.5 Å². The first-order valence-electron chi connectivity index (χ1n) is 10.7. The van der Waals surface area contributed by atoms with Crippen LogP contribution in [0.5, 0.6) is 0 Å². The minimum absolute atomic E-state index is 0.0726. The molecule has 4 rings (SSSR count). The van der Waals surface area contributed by atoms with Crippen molar-refractivity contribution in [1.29, 1.82) is 0 Å². The van der Waals surface area contributed by atoms with Crippen LogP contribution < -0.4 is 11.1 Å². The summed E-state index contributed by atoms with van der Waals surface area (Å²) in [5, 5.41) is 3.03. The molecule has 0 amide bonds. The number of thiol groups is 1. The molecule has 0 aliphatic heterocycles. The Balaban J connectivity index is 0.00000167. The first kappa shape index (κ1) is 26.6. The summed E-state index contributed by atoms with van der Waals surface area (Å²) in [6.07, 6.45) is 1.20. The third-order valence-electron chi connectivity index (χ3n) is 5.83. The summed E-state index contributed by atoms with van der Waals surface area (Å²) in [4.78, 5) is 21.2. The van der Waals surface area contributed by atoms with E-state index in [1.54, 1.807) is 29.1 Å². The summed E-state index contributed by atoms with van der Waals surface area (Å²) < 4.78 is 61.5. The van der Waals surface area contributed by atoms with E-state index < -0.39 is 24.0 Å². The number of ketones is 1. The third-order valence-corrected chi connectivity index (χ3v) is 5.83. The van der Waals surface area contributed by atoms with Crippen molar-refractivity contribution in [2.24, 2.45) is 11.7 Å². The first-order chi connectivity index (χ1) is 16.7. The number of carbonyl (C=O) groups is 1. The van der Waals surface area contributed by atoms with Crippen LogP contribution in [0.25, 0.3) is 0 Å².